The molecule has 102 valence electrons. The summed E-state index contributed by atoms with van der Waals surface area (Å²) in [6.07, 6.45) is 7.41. The Hall–Kier alpha value is -1.45. The second kappa shape index (κ2) is 5.15. The summed E-state index contributed by atoms with van der Waals surface area (Å²) in [4.78, 5) is 11.6. The lowest BCUT2D eigenvalue weighted by Gasteiger charge is -2.29. The summed E-state index contributed by atoms with van der Waals surface area (Å²) in [5, 5.41) is 2.70. The molecule has 1 aliphatic carbocycles. The van der Waals surface area contributed by atoms with E-state index in [1.165, 1.54) is 5.56 Å². The van der Waals surface area contributed by atoms with Gasteiger partial charge in [0.25, 0.3) is 5.91 Å². The predicted octanol–water partition coefficient (Wildman–Crippen LogP) is 3.17. The fourth-order valence-electron chi connectivity index (χ4n) is 2.76. The minimum Gasteiger partial charge on any atom is -0.318 e. The van der Waals surface area contributed by atoms with E-state index in [0.717, 1.165) is 18.4 Å². The molecule has 1 saturated heterocycles. The number of carbonyl (C=O) groups excluding carboxylic acids is 1. The molecule has 1 amide bonds. The number of allylic oxidation sites excluding steroid dienone is 2. The van der Waals surface area contributed by atoms with Gasteiger partial charge in [0.15, 0.2) is 4.87 Å². The van der Waals surface area contributed by atoms with Crippen LogP contribution in [0.15, 0.2) is 54.1 Å². The summed E-state index contributed by atoms with van der Waals surface area (Å²) in [5.41, 5.74) is 2.17. The molecule has 2 atom stereocenters. The SMILES string of the molecule is O=C1NC(=S)C2C=CC=C(CCc3ccccc3)C12Cl. The van der Waals surface area contributed by atoms with Crippen LogP contribution in [0.4, 0.5) is 0 Å². The summed E-state index contributed by atoms with van der Waals surface area (Å²) in [6, 6.07) is 10.2. The van der Waals surface area contributed by atoms with Crippen molar-refractivity contribution in [3.05, 3.63) is 59.7 Å². The smallest absolute Gasteiger partial charge is 0.251 e. The monoisotopic (exact) mass is 303 g/mol. The molecule has 1 heterocycles. The van der Waals surface area contributed by atoms with Crippen molar-refractivity contribution in [2.45, 2.75) is 17.7 Å². The van der Waals surface area contributed by atoms with Gasteiger partial charge in [-0.3, -0.25) is 4.79 Å². The van der Waals surface area contributed by atoms with Gasteiger partial charge in [0.1, 0.15) is 0 Å². The van der Waals surface area contributed by atoms with Crippen molar-refractivity contribution >= 4 is 34.7 Å². The molecule has 1 aromatic rings. The number of benzene rings is 1. The molecular formula is C16H14ClNOS. The Labute approximate surface area is 128 Å². The van der Waals surface area contributed by atoms with Crippen molar-refractivity contribution in [1.82, 2.24) is 5.32 Å². The Kier molecular flexibility index (Phi) is 3.48. The standard InChI is InChI=1S/C16H14ClNOS/c17-16-12(10-9-11-5-2-1-3-6-11)7-4-8-13(16)14(20)18-15(16)19/h1-8,13H,9-10H2,(H,18,19,20). The van der Waals surface area contributed by atoms with Crippen LogP contribution in [0.3, 0.4) is 0 Å². The average molecular weight is 304 g/mol. The number of hydrogen-bond acceptors (Lipinski definition) is 2. The van der Waals surface area contributed by atoms with Crippen LogP contribution >= 0.6 is 23.8 Å². The van der Waals surface area contributed by atoms with Gasteiger partial charge in [0, 0.05) is 0 Å². The highest BCUT2D eigenvalue weighted by Gasteiger charge is 2.53. The molecule has 0 radical (unpaired) electrons. The maximum Gasteiger partial charge on any atom is 0.251 e. The molecule has 1 fully saturated rings. The van der Waals surface area contributed by atoms with Crippen LogP contribution in [0.25, 0.3) is 0 Å². The van der Waals surface area contributed by atoms with Crippen LogP contribution in [0, 0.1) is 5.92 Å². The molecule has 2 aliphatic rings. The first-order valence-corrected chi connectivity index (χ1v) is 7.37. The normalized spacial score (nSPS) is 28.1. The first-order chi connectivity index (χ1) is 9.62. The molecule has 0 aromatic heterocycles. The molecule has 1 N–H and O–H groups in total. The molecule has 0 bridgehead atoms. The Morgan fingerprint density at radius 3 is 2.75 bits per heavy atom. The molecule has 1 aromatic carbocycles. The number of fused-ring (bicyclic) bond motifs is 1. The van der Waals surface area contributed by atoms with Crippen molar-refractivity contribution in [1.29, 1.82) is 0 Å². The third-order valence-electron chi connectivity index (χ3n) is 3.87. The van der Waals surface area contributed by atoms with Gasteiger partial charge < -0.3 is 5.32 Å². The van der Waals surface area contributed by atoms with Gasteiger partial charge in [-0.1, -0.05) is 60.8 Å². The zero-order valence-corrected chi connectivity index (χ0v) is 12.4. The van der Waals surface area contributed by atoms with E-state index in [2.05, 4.69) is 17.4 Å². The van der Waals surface area contributed by atoms with Crippen molar-refractivity contribution in [3.63, 3.8) is 0 Å². The highest BCUT2D eigenvalue weighted by Crippen LogP contribution is 2.43. The molecule has 1 aliphatic heterocycles. The summed E-state index contributed by atoms with van der Waals surface area (Å²) in [5.74, 6) is -0.416. The molecule has 4 heteroatoms. The van der Waals surface area contributed by atoms with Gasteiger partial charge in [-0.15, -0.1) is 11.6 Å². The van der Waals surface area contributed by atoms with Crippen molar-refractivity contribution in [3.8, 4) is 0 Å². The van der Waals surface area contributed by atoms with Gasteiger partial charge in [-0.05, 0) is 24.0 Å². The lowest BCUT2D eigenvalue weighted by Crippen LogP contribution is -2.39. The molecule has 2 nitrogen and oxygen atoms in total. The van der Waals surface area contributed by atoms with Gasteiger partial charge in [-0.2, -0.15) is 0 Å². The lowest BCUT2D eigenvalue weighted by molar-refractivity contribution is -0.120. The van der Waals surface area contributed by atoms with Crippen LogP contribution < -0.4 is 5.32 Å². The van der Waals surface area contributed by atoms with Crippen molar-refractivity contribution in [2.75, 3.05) is 0 Å². The minimum absolute atomic E-state index is 0.196. The van der Waals surface area contributed by atoms with Crippen LogP contribution in [0.1, 0.15) is 12.0 Å². The zero-order chi connectivity index (χ0) is 14.2. The Morgan fingerprint density at radius 2 is 2.00 bits per heavy atom. The second-order valence-electron chi connectivity index (χ2n) is 5.07. The Bertz CT molecular complexity index is 623. The van der Waals surface area contributed by atoms with Gasteiger partial charge in [0.2, 0.25) is 0 Å². The van der Waals surface area contributed by atoms with Crippen LogP contribution in [0.5, 0.6) is 0 Å². The Morgan fingerprint density at radius 1 is 1.25 bits per heavy atom. The zero-order valence-electron chi connectivity index (χ0n) is 10.8. The number of halogens is 1. The van der Waals surface area contributed by atoms with E-state index in [1.807, 2.05) is 36.4 Å². The fraction of sp³-hybridized carbons (Fsp3) is 0.250. The van der Waals surface area contributed by atoms with E-state index >= 15 is 0 Å². The molecule has 20 heavy (non-hydrogen) atoms. The second-order valence-corrected chi connectivity index (χ2v) is 6.11. The summed E-state index contributed by atoms with van der Waals surface area (Å²) in [7, 11) is 0. The van der Waals surface area contributed by atoms with Crippen molar-refractivity contribution in [2.24, 2.45) is 5.92 Å². The number of rotatable bonds is 3. The third kappa shape index (κ3) is 2.11. The molecule has 0 spiro atoms. The topological polar surface area (TPSA) is 29.1 Å². The largest absolute Gasteiger partial charge is 0.318 e. The van der Waals surface area contributed by atoms with Crippen molar-refractivity contribution < 1.29 is 4.79 Å². The van der Waals surface area contributed by atoms with E-state index in [-0.39, 0.29) is 11.8 Å². The van der Waals surface area contributed by atoms with E-state index in [4.69, 9.17) is 23.8 Å². The maximum absolute atomic E-state index is 12.2. The summed E-state index contributed by atoms with van der Waals surface area (Å²) >= 11 is 11.8. The van der Waals surface area contributed by atoms with E-state index < -0.39 is 4.87 Å². The minimum atomic E-state index is -1.03. The Balaban J connectivity index is 1.82. The van der Waals surface area contributed by atoms with Gasteiger partial charge >= 0.3 is 0 Å². The van der Waals surface area contributed by atoms with Gasteiger partial charge in [-0.25, -0.2) is 0 Å². The van der Waals surface area contributed by atoms with E-state index in [1.54, 1.807) is 0 Å². The predicted molar refractivity (Wildman–Crippen MR) is 84.8 cm³/mol. The molecule has 0 saturated carbocycles. The quantitative estimate of drug-likeness (QED) is 0.686. The summed E-state index contributed by atoms with van der Waals surface area (Å²) in [6.45, 7) is 0. The van der Waals surface area contributed by atoms with E-state index in [9.17, 15) is 4.79 Å². The molecular weight excluding hydrogens is 290 g/mol. The lowest BCUT2D eigenvalue weighted by atomic mass is 9.81. The first-order valence-electron chi connectivity index (χ1n) is 6.58. The number of nitrogens with one attached hydrogen (secondary N) is 1. The van der Waals surface area contributed by atoms with E-state index in [0.29, 0.717) is 4.99 Å². The molecule has 2 unspecified atom stereocenters. The number of alkyl halides is 1. The highest BCUT2D eigenvalue weighted by molar-refractivity contribution is 7.80. The molecule has 3 rings (SSSR count). The average Bonchev–Trinajstić information content (AvgIpc) is 2.69. The number of thiocarbonyl (C=S) groups is 1. The highest BCUT2D eigenvalue weighted by atomic mass is 35.5. The first kappa shape index (κ1) is 13.5. The number of carbonyl (C=O) groups is 1. The van der Waals surface area contributed by atoms with Crippen LogP contribution in [0.2, 0.25) is 0 Å². The van der Waals surface area contributed by atoms with Crippen LogP contribution in [-0.2, 0) is 11.2 Å². The number of aryl methyl sites for hydroxylation is 1. The maximum atomic E-state index is 12.2. The number of hydrogen-bond donors (Lipinski definition) is 1. The summed E-state index contributed by atoms with van der Waals surface area (Å²) < 4.78 is 0. The van der Waals surface area contributed by atoms with Gasteiger partial charge in [0.05, 0.1) is 10.9 Å². The third-order valence-corrected chi connectivity index (χ3v) is 4.88. The number of amides is 1. The fourth-order valence-corrected chi connectivity index (χ4v) is 3.56. The van der Waals surface area contributed by atoms with Crippen LogP contribution in [-0.4, -0.2) is 15.8 Å².